The molecule has 0 bridgehead atoms. The van der Waals surface area contributed by atoms with Gasteiger partial charge in [-0.05, 0) is 54.5 Å². The van der Waals surface area contributed by atoms with E-state index in [4.69, 9.17) is 4.74 Å². The van der Waals surface area contributed by atoms with Gasteiger partial charge in [0.25, 0.3) is 0 Å². The molecular formula is C24H34N2O4S. The predicted octanol–water partition coefficient (Wildman–Crippen LogP) is 4.65. The predicted molar refractivity (Wildman–Crippen MR) is 125 cm³/mol. The Morgan fingerprint density at radius 2 is 1.68 bits per heavy atom. The normalized spacial score (nSPS) is 12.1. The lowest BCUT2D eigenvalue weighted by atomic mass is 9.85. The van der Waals surface area contributed by atoms with E-state index in [1.807, 2.05) is 32.9 Å². The molecule has 0 radical (unpaired) electrons. The van der Waals surface area contributed by atoms with Crippen LogP contribution in [-0.2, 0) is 20.2 Å². The van der Waals surface area contributed by atoms with Crippen LogP contribution in [0.3, 0.4) is 0 Å². The Balaban J connectivity index is 2.36. The van der Waals surface area contributed by atoms with Crippen molar-refractivity contribution in [3.8, 4) is 5.75 Å². The van der Waals surface area contributed by atoms with Crippen LogP contribution in [0.25, 0.3) is 0 Å². The summed E-state index contributed by atoms with van der Waals surface area (Å²) >= 11 is 0. The molecule has 6 nitrogen and oxygen atoms in total. The van der Waals surface area contributed by atoms with Crippen molar-refractivity contribution in [1.29, 1.82) is 0 Å². The van der Waals surface area contributed by atoms with Gasteiger partial charge in [0.1, 0.15) is 5.75 Å². The monoisotopic (exact) mass is 446 g/mol. The molecule has 0 spiro atoms. The topological polar surface area (TPSA) is 75.7 Å². The zero-order valence-electron chi connectivity index (χ0n) is 19.6. The molecule has 0 aliphatic heterocycles. The van der Waals surface area contributed by atoms with E-state index in [2.05, 4.69) is 26.1 Å². The Labute approximate surface area is 186 Å². The molecule has 2 aromatic rings. The molecule has 2 rings (SSSR count). The molecule has 2 aromatic carbocycles. The minimum atomic E-state index is -3.85. The molecule has 170 valence electrons. The Morgan fingerprint density at radius 1 is 1.10 bits per heavy atom. The molecule has 0 heterocycles. The molecule has 1 N–H and O–H groups in total. The van der Waals surface area contributed by atoms with Crippen LogP contribution in [0.1, 0.15) is 50.8 Å². The number of rotatable bonds is 8. The number of sulfonamides is 1. The summed E-state index contributed by atoms with van der Waals surface area (Å²) in [5.41, 5.74) is 2.88. The number of nitrogens with zero attached hydrogens (tertiary/aromatic N) is 1. The van der Waals surface area contributed by atoms with Crippen LogP contribution in [0, 0.1) is 13.8 Å². The van der Waals surface area contributed by atoms with Gasteiger partial charge in [0.05, 0.1) is 24.2 Å². The molecule has 0 atom stereocenters. The number of aryl methyl sites for hydroxylation is 2. The molecule has 7 heteroatoms. The first-order chi connectivity index (χ1) is 14.4. The van der Waals surface area contributed by atoms with E-state index < -0.39 is 15.9 Å². The van der Waals surface area contributed by atoms with Crippen molar-refractivity contribution >= 4 is 21.6 Å². The number of benzene rings is 2. The highest BCUT2D eigenvalue weighted by atomic mass is 32.2. The van der Waals surface area contributed by atoms with Crippen molar-refractivity contribution in [2.75, 3.05) is 25.5 Å². The van der Waals surface area contributed by atoms with Gasteiger partial charge in [-0.25, -0.2) is 8.42 Å². The maximum atomic E-state index is 13.6. The zero-order valence-corrected chi connectivity index (χ0v) is 20.4. The number of hydrogen-bond acceptors (Lipinski definition) is 4. The number of carbonyl (C=O) groups is 1. The first kappa shape index (κ1) is 24.9. The molecule has 0 fully saturated rings. The smallest absolute Gasteiger partial charge is 0.244 e. The first-order valence-electron chi connectivity index (χ1n) is 10.5. The maximum absolute atomic E-state index is 13.6. The van der Waals surface area contributed by atoms with Crippen molar-refractivity contribution in [3.05, 3.63) is 53.1 Å². The van der Waals surface area contributed by atoms with Crippen molar-refractivity contribution in [2.24, 2.45) is 0 Å². The number of methoxy groups -OCH3 is 1. The maximum Gasteiger partial charge on any atom is 0.244 e. The second kappa shape index (κ2) is 9.83. The van der Waals surface area contributed by atoms with Crippen molar-refractivity contribution < 1.29 is 17.9 Å². The fourth-order valence-corrected chi connectivity index (χ4v) is 5.45. The summed E-state index contributed by atoms with van der Waals surface area (Å²) < 4.78 is 33.6. The molecular weight excluding hydrogens is 412 g/mol. The van der Waals surface area contributed by atoms with Crippen LogP contribution in [-0.4, -0.2) is 38.8 Å². The number of nitrogens with one attached hydrogen (secondary N) is 1. The second-order valence-electron chi connectivity index (χ2n) is 8.78. The van der Waals surface area contributed by atoms with Gasteiger partial charge in [0.2, 0.25) is 15.9 Å². The number of ether oxygens (including phenoxy) is 1. The lowest BCUT2D eigenvalue weighted by Crippen LogP contribution is -2.39. The molecule has 0 saturated heterocycles. The minimum Gasteiger partial charge on any atom is -0.495 e. The summed E-state index contributed by atoms with van der Waals surface area (Å²) in [5.74, 6) is 0.105. The average Bonchev–Trinajstić information content (AvgIpc) is 2.66. The van der Waals surface area contributed by atoms with Gasteiger partial charge in [0.15, 0.2) is 0 Å². The standard InChI is InChI=1S/C24H34N2O4S/c1-8-13-26(16-22(27)25-20-11-9-10-12-21(20)30-7)31(28,29)23-17(2)14-19(15-18(23)3)24(4,5)6/h9-12,14-15H,8,13,16H2,1-7H3,(H,25,27). The molecule has 31 heavy (non-hydrogen) atoms. The highest BCUT2D eigenvalue weighted by Crippen LogP contribution is 2.31. The fraction of sp³-hybridized carbons (Fsp3) is 0.458. The second-order valence-corrected chi connectivity index (χ2v) is 10.7. The fourth-order valence-electron chi connectivity index (χ4n) is 3.55. The first-order valence-corrected chi connectivity index (χ1v) is 11.9. The van der Waals surface area contributed by atoms with Crippen molar-refractivity contribution in [3.63, 3.8) is 0 Å². The van der Waals surface area contributed by atoms with E-state index in [-0.39, 0.29) is 23.4 Å². The van der Waals surface area contributed by atoms with Crippen LogP contribution in [0.4, 0.5) is 5.69 Å². The van der Waals surface area contributed by atoms with E-state index >= 15 is 0 Å². The van der Waals surface area contributed by atoms with Crippen LogP contribution >= 0.6 is 0 Å². The summed E-state index contributed by atoms with van der Waals surface area (Å²) in [6, 6.07) is 10.9. The molecule has 0 aromatic heterocycles. The molecule has 0 unspecified atom stereocenters. The van der Waals surface area contributed by atoms with Crippen LogP contribution in [0.15, 0.2) is 41.3 Å². The number of carbonyl (C=O) groups excluding carboxylic acids is 1. The number of para-hydroxylation sites is 2. The molecule has 1 amide bonds. The van der Waals surface area contributed by atoms with Crippen molar-refractivity contribution in [2.45, 2.75) is 58.3 Å². The van der Waals surface area contributed by atoms with Crippen LogP contribution in [0.5, 0.6) is 5.75 Å². The number of hydrogen-bond donors (Lipinski definition) is 1. The Morgan fingerprint density at radius 3 is 2.19 bits per heavy atom. The SMILES string of the molecule is CCCN(CC(=O)Nc1ccccc1OC)S(=O)(=O)c1c(C)cc(C(C)(C)C)cc1C. The minimum absolute atomic E-state index is 0.0878. The average molecular weight is 447 g/mol. The quantitative estimate of drug-likeness (QED) is 0.640. The summed E-state index contributed by atoms with van der Waals surface area (Å²) in [5, 5.41) is 2.76. The summed E-state index contributed by atoms with van der Waals surface area (Å²) in [7, 11) is -2.33. The van der Waals surface area contributed by atoms with Crippen LogP contribution < -0.4 is 10.1 Å². The van der Waals surface area contributed by atoms with Gasteiger partial charge >= 0.3 is 0 Å². The zero-order chi connectivity index (χ0) is 23.4. The van der Waals surface area contributed by atoms with E-state index in [0.717, 1.165) is 5.56 Å². The van der Waals surface area contributed by atoms with Gasteiger partial charge in [0, 0.05) is 6.54 Å². The van der Waals surface area contributed by atoms with Gasteiger partial charge < -0.3 is 10.1 Å². The van der Waals surface area contributed by atoms with E-state index in [9.17, 15) is 13.2 Å². The van der Waals surface area contributed by atoms with Crippen LogP contribution in [0.2, 0.25) is 0 Å². The largest absolute Gasteiger partial charge is 0.495 e. The van der Waals surface area contributed by atoms with E-state index in [1.165, 1.54) is 11.4 Å². The summed E-state index contributed by atoms with van der Waals surface area (Å²) in [6.45, 7) is 11.8. The summed E-state index contributed by atoms with van der Waals surface area (Å²) in [6.07, 6.45) is 0.597. The molecule has 0 saturated carbocycles. The summed E-state index contributed by atoms with van der Waals surface area (Å²) in [4.78, 5) is 13.0. The number of anilines is 1. The van der Waals surface area contributed by atoms with E-state index in [1.54, 1.807) is 24.3 Å². The third-order valence-corrected chi connectivity index (χ3v) is 7.25. The Hall–Kier alpha value is -2.38. The third kappa shape index (κ3) is 5.86. The van der Waals surface area contributed by atoms with Gasteiger partial charge in [-0.1, -0.05) is 52.0 Å². The van der Waals surface area contributed by atoms with Gasteiger partial charge in [-0.3, -0.25) is 4.79 Å². The Kier molecular flexibility index (Phi) is 7.89. The highest BCUT2D eigenvalue weighted by molar-refractivity contribution is 7.89. The van der Waals surface area contributed by atoms with E-state index in [0.29, 0.717) is 29.0 Å². The lowest BCUT2D eigenvalue weighted by Gasteiger charge is -2.26. The highest BCUT2D eigenvalue weighted by Gasteiger charge is 2.30. The van der Waals surface area contributed by atoms with Crippen molar-refractivity contribution in [1.82, 2.24) is 4.31 Å². The van der Waals surface area contributed by atoms with Gasteiger partial charge in [-0.15, -0.1) is 0 Å². The Bertz CT molecular complexity index is 1020. The third-order valence-electron chi connectivity index (χ3n) is 5.10. The number of amides is 1. The molecule has 0 aliphatic carbocycles. The van der Waals surface area contributed by atoms with Gasteiger partial charge in [-0.2, -0.15) is 4.31 Å². The lowest BCUT2D eigenvalue weighted by molar-refractivity contribution is -0.116. The molecule has 0 aliphatic rings.